The third-order valence-electron chi connectivity index (χ3n) is 6.49. The molecule has 0 aromatic heterocycles. The lowest BCUT2D eigenvalue weighted by atomic mass is 9.75. The number of morpholine rings is 1. The van der Waals surface area contributed by atoms with E-state index in [0.29, 0.717) is 36.7 Å². The van der Waals surface area contributed by atoms with E-state index in [-0.39, 0.29) is 0 Å². The first-order valence-corrected chi connectivity index (χ1v) is 11.4. The smallest absolute Gasteiger partial charge is 0.221 e. The van der Waals surface area contributed by atoms with Crippen LogP contribution in [0.1, 0.15) is 49.7 Å². The minimum atomic E-state index is 0.310. The zero-order chi connectivity index (χ0) is 21.6. The van der Waals surface area contributed by atoms with Gasteiger partial charge in [0.05, 0.1) is 32.6 Å². The van der Waals surface area contributed by atoms with Crippen molar-refractivity contribution in [2.75, 3.05) is 53.2 Å². The summed E-state index contributed by atoms with van der Waals surface area (Å²) in [5, 5.41) is 13.6. The number of ether oxygens (including phenoxy) is 4. The minimum absolute atomic E-state index is 0.310. The standard InChI is InChI=1S/C24H33N3O4/c1-3-30-22-14-18-17-6-4-5-7-20(17)26-24(19(18)15-21(22)28-2)23(16-25)31-13-10-27-8-11-29-12-9-27/h14-15,17,20,26H,3-13H2,1-2H3/b24-23-. The van der Waals surface area contributed by atoms with Gasteiger partial charge >= 0.3 is 0 Å². The number of nitriles is 1. The SMILES string of the molecule is CCOc1cc2c(cc1OC)/C(=C(\C#N)OCCN1CCOCC1)NC1CCCCC21. The van der Waals surface area contributed by atoms with Crippen molar-refractivity contribution < 1.29 is 18.9 Å². The third kappa shape index (κ3) is 4.76. The average molecular weight is 428 g/mol. The van der Waals surface area contributed by atoms with E-state index in [1.54, 1.807) is 7.11 Å². The predicted molar refractivity (Wildman–Crippen MR) is 118 cm³/mol. The van der Waals surface area contributed by atoms with Crippen LogP contribution in [0.4, 0.5) is 0 Å². The second-order valence-corrected chi connectivity index (χ2v) is 8.28. The van der Waals surface area contributed by atoms with E-state index in [4.69, 9.17) is 18.9 Å². The molecule has 1 saturated heterocycles. The summed E-state index contributed by atoms with van der Waals surface area (Å²) in [6.07, 6.45) is 4.65. The highest BCUT2D eigenvalue weighted by molar-refractivity contribution is 5.76. The molecule has 0 amide bonds. The van der Waals surface area contributed by atoms with E-state index in [1.807, 2.05) is 13.0 Å². The van der Waals surface area contributed by atoms with E-state index >= 15 is 0 Å². The maximum atomic E-state index is 9.94. The van der Waals surface area contributed by atoms with Gasteiger partial charge in [-0.15, -0.1) is 0 Å². The third-order valence-corrected chi connectivity index (χ3v) is 6.49. The van der Waals surface area contributed by atoms with Gasteiger partial charge in [0.1, 0.15) is 12.7 Å². The Labute approximate surface area is 184 Å². The van der Waals surface area contributed by atoms with Crippen molar-refractivity contribution in [3.05, 3.63) is 29.0 Å². The zero-order valence-electron chi connectivity index (χ0n) is 18.6. The highest BCUT2D eigenvalue weighted by atomic mass is 16.5. The number of benzene rings is 1. The zero-order valence-corrected chi connectivity index (χ0v) is 18.6. The van der Waals surface area contributed by atoms with Crippen LogP contribution in [-0.4, -0.2) is 64.1 Å². The van der Waals surface area contributed by atoms with Crippen LogP contribution in [0.2, 0.25) is 0 Å². The molecule has 31 heavy (non-hydrogen) atoms. The number of hydrogen-bond acceptors (Lipinski definition) is 7. The van der Waals surface area contributed by atoms with Crippen LogP contribution in [-0.2, 0) is 9.47 Å². The van der Waals surface area contributed by atoms with Crippen molar-refractivity contribution >= 4 is 5.70 Å². The van der Waals surface area contributed by atoms with Gasteiger partial charge in [0, 0.05) is 37.2 Å². The molecule has 2 heterocycles. The van der Waals surface area contributed by atoms with Crippen molar-refractivity contribution in [2.45, 2.75) is 44.6 Å². The summed E-state index contributed by atoms with van der Waals surface area (Å²) in [7, 11) is 1.65. The Morgan fingerprint density at radius 3 is 2.77 bits per heavy atom. The first-order chi connectivity index (χ1) is 15.2. The molecule has 0 radical (unpaired) electrons. The van der Waals surface area contributed by atoms with E-state index in [2.05, 4.69) is 22.4 Å². The number of hydrogen-bond donors (Lipinski definition) is 1. The Morgan fingerprint density at radius 2 is 2.03 bits per heavy atom. The molecule has 0 spiro atoms. The summed E-state index contributed by atoms with van der Waals surface area (Å²) < 4.78 is 22.9. The van der Waals surface area contributed by atoms with Crippen molar-refractivity contribution in [3.8, 4) is 17.6 Å². The topological polar surface area (TPSA) is 76.0 Å². The Morgan fingerprint density at radius 1 is 1.23 bits per heavy atom. The number of fused-ring (bicyclic) bond motifs is 3. The van der Waals surface area contributed by atoms with E-state index in [9.17, 15) is 5.26 Å². The van der Waals surface area contributed by atoms with Gasteiger partial charge in [0.15, 0.2) is 11.5 Å². The number of nitrogens with zero attached hydrogens (tertiary/aromatic N) is 2. The highest BCUT2D eigenvalue weighted by Gasteiger charge is 2.36. The van der Waals surface area contributed by atoms with Crippen molar-refractivity contribution in [1.82, 2.24) is 10.2 Å². The van der Waals surface area contributed by atoms with Crippen LogP contribution in [0, 0.1) is 11.3 Å². The van der Waals surface area contributed by atoms with Gasteiger partial charge < -0.3 is 24.3 Å². The number of nitrogens with one attached hydrogen (secondary N) is 1. The lowest BCUT2D eigenvalue weighted by molar-refractivity contribution is 0.0283. The summed E-state index contributed by atoms with van der Waals surface area (Å²) >= 11 is 0. The molecule has 0 bridgehead atoms. The molecule has 1 aliphatic carbocycles. The molecular weight excluding hydrogens is 394 g/mol. The van der Waals surface area contributed by atoms with Gasteiger partial charge in [-0.05, 0) is 37.5 Å². The van der Waals surface area contributed by atoms with Crippen LogP contribution in [0.15, 0.2) is 17.9 Å². The fourth-order valence-corrected chi connectivity index (χ4v) is 4.92. The summed E-state index contributed by atoms with van der Waals surface area (Å²) in [6.45, 7) is 7.15. The fourth-order valence-electron chi connectivity index (χ4n) is 4.92. The van der Waals surface area contributed by atoms with Crippen molar-refractivity contribution in [3.63, 3.8) is 0 Å². The highest BCUT2D eigenvalue weighted by Crippen LogP contribution is 2.45. The van der Waals surface area contributed by atoms with Gasteiger partial charge in [-0.25, -0.2) is 0 Å². The van der Waals surface area contributed by atoms with Crippen LogP contribution < -0.4 is 14.8 Å². The molecule has 2 fully saturated rings. The average Bonchev–Trinajstić information content (AvgIpc) is 2.82. The molecule has 1 saturated carbocycles. The minimum Gasteiger partial charge on any atom is -0.493 e. The van der Waals surface area contributed by atoms with Crippen LogP contribution in [0.25, 0.3) is 5.70 Å². The van der Waals surface area contributed by atoms with Crippen LogP contribution in [0.3, 0.4) is 0 Å². The largest absolute Gasteiger partial charge is 0.493 e. The van der Waals surface area contributed by atoms with Gasteiger partial charge in [-0.1, -0.05) is 12.8 Å². The van der Waals surface area contributed by atoms with E-state index in [0.717, 1.165) is 62.7 Å². The van der Waals surface area contributed by atoms with Gasteiger partial charge in [0.25, 0.3) is 0 Å². The Hall–Kier alpha value is -2.43. The van der Waals surface area contributed by atoms with E-state index < -0.39 is 0 Å². The summed E-state index contributed by atoms with van der Waals surface area (Å²) in [4.78, 5) is 2.31. The molecule has 1 aromatic rings. The molecule has 168 valence electrons. The molecule has 3 aliphatic rings. The molecule has 2 unspecified atom stereocenters. The summed E-state index contributed by atoms with van der Waals surface area (Å²) in [5.41, 5.74) is 3.00. The molecule has 4 rings (SSSR count). The summed E-state index contributed by atoms with van der Waals surface area (Å²) in [5.74, 6) is 2.21. The predicted octanol–water partition coefficient (Wildman–Crippen LogP) is 3.26. The number of methoxy groups -OCH3 is 1. The Balaban J connectivity index is 1.65. The van der Waals surface area contributed by atoms with Crippen molar-refractivity contribution in [1.29, 1.82) is 5.26 Å². The van der Waals surface area contributed by atoms with Crippen LogP contribution in [0.5, 0.6) is 11.5 Å². The lowest BCUT2D eigenvalue weighted by Gasteiger charge is -2.40. The van der Waals surface area contributed by atoms with Gasteiger partial charge in [0.2, 0.25) is 5.76 Å². The maximum absolute atomic E-state index is 9.94. The number of allylic oxidation sites excluding steroid dienone is 1. The molecule has 1 aromatic carbocycles. The Kier molecular flexibility index (Phi) is 7.21. The molecule has 7 heteroatoms. The molecule has 2 atom stereocenters. The monoisotopic (exact) mass is 427 g/mol. The van der Waals surface area contributed by atoms with Crippen LogP contribution >= 0.6 is 0 Å². The maximum Gasteiger partial charge on any atom is 0.221 e. The van der Waals surface area contributed by atoms with Gasteiger partial charge in [-0.3, -0.25) is 4.90 Å². The first kappa shape index (κ1) is 21.8. The fraction of sp³-hybridized carbons (Fsp3) is 0.625. The number of rotatable bonds is 7. The second kappa shape index (κ2) is 10.3. The Bertz CT molecular complexity index is 842. The second-order valence-electron chi connectivity index (χ2n) is 8.28. The quantitative estimate of drug-likeness (QED) is 0.529. The molecule has 2 aliphatic heterocycles. The normalized spacial score (nSPS) is 24.8. The van der Waals surface area contributed by atoms with Crippen molar-refractivity contribution in [2.24, 2.45) is 0 Å². The van der Waals surface area contributed by atoms with E-state index in [1.165, 1.54) is 18.4 Å². The molecule has 1 N–H and O–H groups in total. The lowest BCUT2D eigenvalue weighted by Crippen LogP contribution is -2.41. The van der Waals surface area contributed by atoms with Gasteiger partial charge in [-0.2, -0.15) is 5.26 Å². The first-order valence-electron chi connectivity index (χ1n) is 11.4. The summed E-state index contributed by atoms with van der Waals surface area (Å²) in [6, 6.07) is 6.72. The molecule has 7 nitrogen and oxygen atoms in total. The molecular formula is C24H33N3O4.